The fourth-order valence-corrected chi connectivity index (χ4v) is 3.04. The number of halogens is 1. The first-order valence-electron chi connectivity index (χ1n) is 7.84. The fraction of sp³-hybridized carbons (Fsp3) is 0.588. The monoisotopic (exact) mass is 341 g/mol. The van der Waals surface area contributed by atoms with Crippen LogP contribution < -0.4 is 4.74 Å². The van der Waals surface area contributed by atoms with Gasteiger partial charge in [-0.1, -0.05) is 11.6 Å². The molecule has 1 atom stereocenters. The lowest BCUT2D eigenvalue weighted by molar-refractivity contribution is -0.138. The molecule has 6 heteroatoms. The van der Waals surface area contributed by atoms with Crippen LogP contribution in [-0.2, 0) is 9.53 Å². The molecule has 0 bridgehead atoms. The number of aliphatic hydroxyl groups is 1. The van der Waals surface area contributed by atoms with E-state index in [9.17, 15) is 9.90 Å². The molecule has 23 heavy (non-hydrogen) atoms. The molecule has 0 saturated carbocycles. The van der Waals surface area contributed by atoms with Crippen LogP contribution >= 0.6 is 11.6 Å². The molecule has 2 rings (SSSR count). The van der Waals surface area contributed by atoms with Crippen molar-refractivity contribution in [2.24, 2.45) is 5.41 Å². The van der Waals surface area contributed by atoms with Gasteiger partial charge in [0, 0.05) is 37.2 Å². The highest BCUT2D eigenvalue weighted by molar-refractivity contribution is 6.30. The van der Waals surface area contributed by atoms with Gasteiger partial charge in [-0.25, -0.2) is 0 Å². The molecular weight excluding hydrogens is 318 g/mol. The number of benzene rings is 1. The molecule has 1 amide bonds. The molecule has 1 aromatic rings. The third-order valence-corrected chi connectivity index (χ3v) is 4.61. The minimum Gasteiger partial charge on any atom is -0.484 e. The van der Waals surface area contributed by atoms with Gasteiger partial charge in [0.1, 0.15) is 5.75 Å². The van der Waals surface area contributed by atoms with Crippen molar-refractivity contribution in [3.63, 3.8) is 0 Å². The molecule has 5 nitrogen and oxygen atoms in total. The van der Waals surface area contributed by atoms with E-state index in [0.717, 1.165) is 19.3 Å². The fourth-order valence-electron chi connectivity index (χ4n) is 2.92. The summed E-state index contributed by atoms with van der Waals surface area (Å²) in [7, 11) is 1.65. The number of methoxy groups -OCH3 is 1. The molecule has 1 saturated heterocycles. The van der Waals surface area contributed by atoms with Crippen LogP contribution in [0.5, 0.6) is 5.75 Å². The highest BCUT2D eigenvalue weighted by atomic mass is 35.5. The smallest absolute Gasteiger partial charge is 0.260 e. The number of amides is 1. The maximum absolute atomic E-state index is 12.4. The average molecular weight is 342 g/mol. The molecule has 0 aliphatic carbocycles. The lowest BCUT2D eigenvalue weighted by Crippen LogP contribution is -2.49. The van der Waals surface area contributed by atoms with E-state index in [1.807, 2.05) is 0 Å². The molecule has 1 N–H and O–H groups in total. The summed E-state index contributed by atoms with van der Waals surface area (Å²) in [4.78, 5) is 14.2. The molecule has 0 unspecified atom stereocenters. The number of carbonyl (C=O) groups excluding carboxylic acids is 1. The summed E-state index contributed by atoms with van der Waals surface area (Å²) < 4.78 is 10.7. The second kappa shape index (κ2) is 8.52. The lowest BCUT2D eigenvalue weighted by Gasteiger charge is -2.41. The van der Waals surface area contributed by atoms with Crippen LogP contribution in [0.25, 0.3) is 0 Å². The number of piperidine rings is 1. The highest BCUT2D eigenvalue weighted by Gasteiger charge is 2.36. The van der Waals surface area contributed by atoms with E-state index >= 15 is 0 Å². The lowest BCUT2D eigenvalue weighted by atomic mass is 9.78. The Morgan fingerprint density at radius 1 is 1.39 bits per heavy atom. The predicted octanol–water partition coefficient (Wildman–Crippen LogP) is 2.36. The Hall–Kier alpha value is -1.30. The van der Waals surface area contributed by atoms with Gasteiger partial charge in [0.25, 0.3) is 5.91 Å². The van der Waals surface area contributed by atoms with Crippen LogP contribution in [0.15, 0.2) is 24.3 Å². The van der Waals surface area contributed by atoms with Crippen LogP contribution in [-0.4, -0.2) is 55.9 Å². The van der Waals surface area contributed by atoms with Crippen molar-refractivity contribution >= 4 is 17.5 Å². The van der Waals surface area contributed by atoms with Gasteiger partial charge in [-0.2, -0.15) is 0 Å². The normalized spacial score (nSPS) is 21.3. The zero-order chi connectivity index (χ0) is 16.7. The van der Waals surface area contributed by atoms with E-state index in [0.29, 0.717) is 30.5 Å². The standard InChI is InChI=1S/C17H24ClNO4/c1-22-10-8-17(13-20)7-2-9-19(12-17)16(21)11-23-15-5-3-14(18)4-6-15/h3-6,20H,2,7-13H2,1H3/t17-/m0/s1. The Balaban J connectivity index is 1.89. The van der Waals surface area contributed by atoms with Crippen LogP contribution in [0.2, 0.25) is 5.02 Å². The van der Waals surface area contributed by atoms with Gasteiger partial charge in [-0.15, -0.1) is 0 Å². The summed E-state index contributed by atoms with van der Waals surface area (Å²) in [5.41, 5.74) is -0.260. The maximum atomic E-state index is 12.4. The van der Waals surface area contributed by atoms with Crippen molar-refractivity contribution in [1.82, 2.24) is 4.90 Å². The van der Waals surface area contributed by atoms with E-state index in [2.05, 4.69) is 0 Å². The van der Waals surface area contributed by atoms with Crippen molar-refractivity contribution in [3.8, 4) is 5.75 Å². The topological polar surface area (TPSA) is 59.0 Å². The second-order valence-corrected chi connectivity index (χ2v) is 6.50. The second-order valence-electron chi connectivity index (χ2n) is 6.06. The predicted molar refractivity (Wildman–Crippen MR) is 88.8 cm³/mol. The number of rotatable bonds is 7. The number of nitrogens with zero attached hydrogens (tertiary/aromatic N) is 1. The third kappa shape index (κ3) is 5.09. The van der Waals surface area contributed by atoms with Gasteiger partial charge in [0.2, 0.25) is 0 Å². The Bertz CT molecular complexity index is 508. The van der Waals surface area contributed by atoms with E-state index in [1.165, 1.54) is 0 Å². The first-order chi connectivity index (χ1) is 11.1. The van der Waals surface area contributed by atoms with E-state index in [4.69, 9.17) is 21.1 Å². The summed E-state index contributed by atoms with van der Waals surface area (Å²) in [5, 5.41) is 10.4. The van der Waals surface area contributed by atoms with Gasteiger partial charge in [0.15, 0.2) is 6.61 Å². The van der Waals surface area contributed by atoms with E-state index < -0.39 is 0 Å². The maximum Gasteiger partial charge on any atom is 0.260 e. The Labute approximate surface area is 142 Å². The summed E-state index contributed by atoms with van der Waals surface area (Å²) in [6.07, 6.45) is 2.55. The number of carbonyl (C=O) groups is 1. The molecule has 0 radical (unpaired) electrons. The molecule has 1 fully saturated rings. The summed E-state index contributed by atoms with van der Waals surface area (Å²) in [6.45, 7) is 1.91. The Kier molecular flexibility index (Phi) is 6.69. The van der Waals surface area contributed by atoms with Crippen LogP contribution in [0.4, 0.5) is 0 Å². The third-order valence-electron chi connectivity index (χ3n) is 4.36. The van der Waals surface area contributed by atoms with Crippen molar-refractivity contribution in [2.75, 3.05) is 40.0 Å². The zero-order valence-corrected chi connectivity index (χ0v) is 14.2. The van der Waals surface area contributed by atoms with Crippen molar-refractivity contribution < 1.29 is 19.4 Å². The van der Waals surface area contributed by atoms with Crippen molar-refractivity contribution in [3.05, 3.63) is 29.3 Å². The molecule has 128 valence electrons. The number of hydrogen-bond donors (Lipinski definition) is 1. The van der Waals surface area contributed by atoms with Gasteiger partial charge in [-0.05, 0) is 43.5 Å². The number of hydrogen-bond acceptors (Lipinski definition) is 4. The van der Waals surface area contributed by atoms with Gasteiger partial charge in [-0.3, -0.25) is 4.79 Å². The quantitative estimate of drug-likeness (QED) is 0.827. The number of ether oxygens (including phenoxy) is 2. The molecule has 1 aliphatic rings. The molecule has 1 aromatic carbocycles. The number of likely N-dealkylation sites (tertiary alicyclic amines) is 1. The van der Waals surface area contributed by atoms with Crippen molar-refractivity contribution in [2.45, 2.75) is 19.3 Å². The Morgan fingerprint density at radius 2 is 2.13 bits per heavy atom. The Morgan fingerprint density at radius 3 is 2.78 bits per heavy atom. The summed E-state index contributed by atoms with van der Waals surface area (Å²) in [6, 6.07) is 6.93. The van der Waals surface area contributed by atoms with Crippen molar-refractivity contribution in [1.29, 1.82) is 0 Å². The minimum absolute atomic E-state index is 0.00653. The van der Waals surface area contributed by atoms with Crippen LogP contribution in [0.3, 0.4) is 0 Å². The summed E-state index contributed by atoms with van der Waals surface area (Å²) in [5.74, 6) is 0.558. The first-order valence-corrected chi connectivity index (χ1v) is 8.22. The number of aliphatic hydroxyl groups excluding tert-OH is 1. The van der Waals surface area contributed by atoms with E-state index in [1.54, 1.807) is 36.3 Å². The SMILES string of the molecule is COCC[C@@]1(CO)CCCN(C(=O)COc2ccc(Cl)cc2)C1. The highest BCUT2D eigenvalue weighted by Crippen LogP contribution is 2.33. The largest absolute Gasteiger partial charge is 0.484 e. The van der Waals surface area contributed by atoms with Gasteiger partial charge in [0.05, 0.1) is 6.61 Å². The first kappa shape index (κ1) is 18.0. The summed E-state index contributed by atoms with van der Waals surface area (Å²) >= 11 is 5.82. The van der Waals surface area contributed by atoms with Gasteiger partial charge < -0.3 is 19.5 Å². The molecular formula is C17H24ClNO4. The molecule has 1 heterocycles. The molecule has 1 aliphatic heterocycles. The molecule has 0 aromatic heterocycles. The average Bonchev–Trinajstić information content (AvgIpc) is 2.59. The minimum atomic E-state index is -0.260. The molecule has 0 spiro atoms. The van der Waals surface area contributed by atoms with Crippen LogP contribution in [0, 0.1) is 5.41 Å². The zero-order valence-electron chi connectivity index (χ0n) is 13.5. The van der Waals surface area contributed by atoms with Crippen LogP contribution in [0.1, 0.15) is 19.3 Å². The van der Waals surface area contributed by atoms with Gasteiger partial charge >= 0.3 is 0 Å². The van der Waals surface area contributed by atoms with E-state index in [-0.39, 0.29) is 24.5 Å².